The van der Waals surface area contributed by atoms with Crippen molar-refractivity contribution in [3.05, 3.63) is 36.4 Å². The fourth-order valence-corrected chi connectivity index (χ4v) is 4.80. The Balaban J connectivity index is 1.94. The average molecular weight is 533 g/mol. The number of hydrogen-bond donors (Lipinski definition) is 2. The maximum atomic E-state index is 13.7. The second-order valence-electron chi connectivity index (χ2n) is 10.8. The van der Waals surface area contributed by atoms with Crippen molar-refractivity contribution >= 4 is 28.5 Å². The highest BCUT2D eigenvalue weighted by molar-refractivity contribution is 5.94. The van der Waals surface area contributed by atoms with Gasteiger partial charge >= 0.3 is 12.1 Å². The molecule has 2 aromatic rings. The Bertz CT molecular complexity index is 1250. The smallest absolute Gasteiger partial charge is 0.336 e. The molecule has 38 heavy (non-hydrogen) atoms. The quantitative estimate of drug-likeness (QED) is 0.588. The van der Waals surface area contributed by atoms with Crippen molar-refractivity contribution in [1.29, 1.82) is 5.26 Å². The average Bonchev–Trinajstić information content (AvgIpc) is 3.29. The number of halogens is 3. The summed E-state index contributed by atoms with van der Waals surface area (Å²) in [6.45, 7) is 8.49. The van der Waals surface area contributed by atoms with E-state index in [0.29, 0.717) is 22.8 Å². The van der Waals surface area contributed by atoms with Crippen LogP contribution in [0.25, 0.3) is 10.8 Å². The summed E-state index contributed by atoms with van der Waals surface area (Å²) in [7, 11) is 0. The lowest BCUT2D eigenvalue weighted by atomic mass is 9.84. The van der Waals surface area contributed by atoms with E-state index in [-0.39, 0.29) is 18.4 Å². The summed E-state index contributed by atoms with van der Waals surface area (Å²) in [5.41, 5.74) is -0.630. The van der Waals surface area contributed by atoms with E-state index in [9.17, 15) is 32.8 Å². The highest BCUT2D eigenvalue weighted by Crippen LogP contribution is 2.34. The lowest BCUT2D eigenvalue weighted by molar-refractivity contribution is -0.176. The highest BCUT2D eigenvalue weighted by atomic mass is 19.4. The summed E-state index contributed by atoms with van der Waals surface area (Å²) >= 11 is 0. The van der Waals surface area contributed by atoms with Gasteiger partial charge in [-0.25, -0.2) is 0 Å². The molecule has 0 saturated carbocycles. The zero-order chi connectivity index (χ0) is 28.4. The number of alkyl halides is 3. The lowest BCUT2D eigenvalue weighted by Crippen LogP contribution is -2.60. The van der Waals surface area contributed by atoms with Crippen molar-refractivity contribution < 1.29 is 27.6 Å². The Hall–Kier alpha value is -3.75. The minimum atomic E-state index is -5.17. The van der Waals surface area contributed by atoms with Crippen molar-refractivity contribution in [1.82, 2.24) is 25.5 Å². The van der Waals surface area contributed by atoms with Crippen LogP contribution in [0, 0.1) is 28.6 Å². The first kappa shape index (κ1) is 28.8. The van der Waals surface area contributed by atoms with E-state index >= 15 is 0 Å². The molecule has 204 valence electrons. The Morgan fingerprint density at radius 1 is 1.11 bits per heavy atom. The van der Waals surface area contributed by atoms with Gasteiger partial charge in [0.15, 0.2) is 0 Å². The van der Waals surface area contributed by atoms with Crippen molar-refractivity contribution in [2.45, 2.75) is 65.3 Å². The third-order valence-electron chi connectivity index (χ3n) is 6.82. The molecule has 9 nitrogen and oxygen atoms in total. The van der Waals surface area contributed by atoms with Gasteiger partial charge in [0.25, 0.3) is 0 Å². The summed E-state index contributed by atoms with van der Waals surface area (Å²) in [4.78, 5) is 48.4. The molecular weight excluding hydrogens is 501 g/mol. The number of amides is 3. The van der Waals surface area contributed by atoms with E-state index in [1.807, 2.05) is 19.2 Å². The van der Waals surface area contributed by atoms with Gasteiger partial charge in [0.1, 0.15) is 18.1 Å². The number of nitrogens with one attached hydrogen (secondary N) is 2. The molecule has 12 heteroatoms. The first-order chi connectivity index (χ1) is 17.7. The maximum absolute atomic E-state index is 13.7. The Kier molecular flexibility index (Phi) is 8.29. The number of hydrogen-bond acceptors (Lipinski definition) is 6. The number of pyridine rings is 2. The van der Waals surface area contributed by atoms with Gasteiger partial charge in [-0.05, 0) is 35.1 Å². The number of nitrogens with zero attached hydrogens (tertiary/aromatic N) is 4. The van der Waals surface area contributed by atoms with Crippen molar-refractivity contribution in [3.63, 3.8) is 0 Å². The molecule has 1 aliphatic rings. The zero-order valence-electron chi connectivity index (χ0n) is 21.8. The van der Waals surface area contributed by atoms with E-state index in [0.717, 1.165) is 0 Å². The van der Waals surface area contributed by atoms with Gasteiger partial charge in [0.05, 0.1) is 6.07 Å². The zero-order valence-corrected chi connectivity index (χ0v) is 21.8. The van der Waals surface area contributed by atoms with Gasteiger partial charge in [-0.3, -0.25) is 24.4 Å². The molecule has 1 unspecified atom stereocenters. The summed E-state index contributed by atoms with van der Waals surface area (Å²) in [5, 5.41) is 15.8. The van der Waals surface area contributed by atoms with Crippen LogP contribution in [0.4, 0.5) is 13.2 Å². The molecule has 3 amide bonds. The molecule has 0 bridgehead atoms. The van der Waals surface area contributed by atoms with Gasteiger partial charge in [-0.1, -0.05) is 34.6 Å². The SMILES string of the molecule is CC(C)[C@H]1CCN(C(=O)[C@@H](NC(=O)C(F)(F)F)C(C)(C)C)[C@@H]1C(=O)NC(C#N)c1cncc2cnccc12. The predicted molar refractivity (Wildman–Crippen MR) is 132 cm³/mol. The molecule has 0 aliphatic carbocycles. The molecule has 0 aromatic carbocycles. The summed E-state index contributed by atoms with van der Waals surface area (Å²) in [6.07, 6.45) is 1.44. The molecule has 1 saturated heterocycles. The van der Waals surface area contributed by atoms with Crippen LogP contribution in [0.2, 0.25) is 0 Å². The minimum Gasteiger partial charge on any atom is -0.336 e. The lowest BCUT2D eigenvalue weighted by Gasteiger charge is -2.37. The summed E-state index contributed by atoms with van der Waals surface area (Å²) < 4.78 is 39.1. The fraction of sp³-hybridized carbons (Fsp3) is 0.538. The molecule has 1 fully saturated rings. The second kappa shape index (κ2) is 10.9. The number of fused-ring (bicyclic) bond motifs is 1. The van der Waals surface area contributed by atoms with Gasteiger partial charge in [-0.2, -0.15) is 18.4 Å². The Morgan fingerprint density at radius 2 is 1.76 bits per heavy atom. The summed E-state index contributed by atoms with van der Waals surface area (Å²) in [6, 6.07) is 0.0856. The number of carbonyl (C=O) groups is 3. The topological polar surface area (TPSA) is 128 Å². The monoisotopic (exact) mass is 532 g/mol. The normalized spacial score (nSPS) is 19.6. The van der Waals surface area contributed by atoms with Crippen LogP contribution in [0.1, 0.15) is 52.6 Å². The first-order valence-corrected chi connectivity index (χ1v) is 12.2. The van der Waals surface area contributed by atoms with Crippen LogP contribution in [0.3, 0.4) is 0 Å². The number of rotatable bonds is 6. The van der Waals surface area contributed by atoms with E-state index in [4.69, 9.17) is 0 Å². The standard InChI is InChI=1S/C26H31F3N6O3/c1-14(2)16-7-9-35(23(37)21(25(3,4)5)34-24(38)26(27,28)29)20(16)22(36)33-19(10-30)18-13-32-12-15-11-31-8-6-17(15)18/h6,8,11-14,16,19-21H,7,9H2,1-5H3,(H,33,36)(H,34,38)/t16-,19?,20+,21-/m1/s1. The molecular formula is C26H31F3N6O3. The fourth-order valence-electron chi connectivity index (χ4n) is 4.80. The highest BCUT2D eigenvalue weighted by Gasteiger charge is 2.49. The van der Waals surface area contributed by atoms with Gasteiger partial charge in [0, 0.05) is 42.3 Å². The van der Waals surface area contributed by atoms with E-state index in [1.165, 1.54) is 31.9 Å². The summed E-state index contributed by atoms with van der Waals surface area (Å²) in [5.74, 6) is -3.99. The van der Waals surface area contributed by atoms with E-state index < -0.39 is 47.4 Å². The molecule has 2 N–H and O–H groups in total. The van der Waals surface area contributed by atoms with E-state index in [1.54, 1.807) is 24.7 Å². The van der Waals surface area contributed by atoms with Crippen molar-refractivity contribution in [2.75, 3.05) is 6.54 Å². The van der Waals surface area contributed by atoms with Crippen LogP contribution < -0.4 is 10.6 Å². The molecule has 3 rings (SSSR count). The largest absolute Gasteiger partial charge is 0.471 e. The first-order valence-electron chi connectivity index (χ1n) is 12.2. The second-order valence-corrected chi connectivity index (χ2v) is 10.8. The molecule has 3 heterocycles. The minimum absolute atomic E-state index is 0.0489. The number of nitriles is 1. The van der Waals surface area contributed by atoms with Gasteiger partial charge in [-0.15, -0.1) is 0 Å². The van der Waals surface area contributed by atoms with Crippen LogP contribution in [-0.4, -0.2) is 57.4 Å². The maximum Gasteiger partial charge on any atom is 0.471 e. The molecule has 1 aliphatic heterocycles. The molecule has 4 atom stereocenters. The van der Waals surface area contributed by atoms with Crippen LogP contribution in [-0.2, 0) is 14.4 Å². The number of carbonyl (C=O) groups excluding carboxylic acids is 3. The molecule has 2 aromatic heterocycles. The van der Waals surface area contributed by atoms with Crippen molar-refractivity contribution in [2.24, 2.45) is 17.3 Å². The van der Waals surface area contributed by atoms with Crippen LogP contribution in [0.15, 0.2) is 30.9 Å². The molecule has 0 spiro atoms. The molecule has 0 radical (unpaired) electrons. The van der Waals surface area contributed by atoms with Gasteiger partial charge < -0.3 is 15.5 Å². The van der Waals surface area contributed by atoms with Crippen LogP contribution in [0.5, 0.6) is 0 Å². The van der Waals surface area contributed by atoms with Gasteiger partial charge in [0.2, 0.25) is 11.8 Å². The van der Waals surface area contributed by atoms with Crippen LogP contribution >= 0.6 is 0 Å². The van der Waals surface area contributed by atoms with Crippen molar-refractivity contribution in [3.8, 4) is 6.07 Å². The van der Waals surface area contributed by atoms with E-state index in [2.05, 4.69) is 21.4 Å². The predicted octanol–water partition coefficient (Wildman–Crippen LogP) is 3.28. The third kappa shape index (κ3) is 6.03. The number of aromatic nitrogens is 2. The third-order valence-corrected chi connectivity index (χ3v) is 6.82. The number of likely N-dealkylation sites (tertiary alicyclic amines) is 1. The Morgan fingerprint density at radius 3 is 2.34 bits per heavy atom. The Labute approximate surface area is 218 Å².